The quantitative estimate of drug-likeness (QED) is 0.761. The summed E-state index contributed by atoms with van der Waals surface area (Å²) in [7, 11) is 0. The topological polar surface area (TPSA) is 54.3 Å². The number of nitrogens with zero attached hydrogens (tertiary/aromatic N) is 1. The van der Waals surface area contributed by atoms with Gasteiger partial charge in [0.1, 0.15) is 0 Å². The number of fused-ring (bicyclic) bond motifs is 1. The number of hydrogen-bond donors (Lipinski definition) is 2. The molecule has 3 rings (SSSR count). The summed E-state index contributed by atoms with van der Waals surface area (Å²) >= 11 is 0. The van der Waals surface area contributed by atoms with E-state index in [0.29, 0.717) is 12.1 Å². The molecule has 0 fully saturated rings. The smallest absolute Gasteiger partial charge is 0.253 e. The summed E-state index contributed by atoms with van der Waals surface area (Å²) in [4.78, 5) is 12.5. The van der Waals surface area contributed by atoms with Crippen LogP contribution in [0.1, 0.15) is 22.8 Å². The first-order valence-electron chi connectivity index (χ1n) is 7.72. The molecule has 0 saturated carbocycles. The number of benzene rings is 2. The largest absolute Gasteiger partial charge is 0.394 e. The molecule has 1 amide bonds. The number of nitrogens with one attached hydrogen (secondary N) is 1. The van der Waals surface area contributed by atoms with Gasteiger partial charge in [-0.15, -0.1) is 0 Å². The highest BCUT2D eigenvalue weighted by Gasteiger charge is 2.16. The van der Waals surface area contributed by atoms with E-state index in [1.54, 1.807) is 6.92 Å². The van der Waals surface area contributed by atoms with E-state index in [2.05, 4.69) is 22.0 Å². The Bertz CT molecular complexity index is 809. The van der Waals surface area contributed by atoms with E-state index in [1.165, 1.54) is 5.56 Å². The summed E-state index contributed by atoms with van der Waals surface area (Å²) in [6.45, 7) is 2.42. The Morgan fingerprint density at radius 1 is 1.13 bits per heavy atom. The maximum absolute atomic E-state index is 12.5. The normalized spacial score (nSPS) is 12.3. The van der Waals surface area contributed by atoms with Gasteiger partial charge < -0.3 is 15.0 Å². The lowest BCUT2D eigenvalue weighted by Gasteiger charge is -2.09. The summed E-state index contributed by atoms with van der Waals surface area (Å²) in [5, 5.41) is 12.9. The summed E-state index contributed by atoms with van der Waals surface area (Å²) < 4.78 is 2.09. The van der Waals surface area contributed by atoms with E-state index in [4.69, 9.17) is 5.11 Å². The summed E-state index contributed by atoms with van der Waals surface area (Å²) in [6.07, 6.45) is 1.89. The lowest BCUT2D eigenvalue weighted by atomic mass is 10.1. The third kappa shape index (κ3) is 3.27. The monoisotopic (exact) mass is 308 g/mol. The van der Waals surface area contributed by atoms with Crippen molar-refractivity contribution in [3.63, 3.8) is 0 Å². The molecule has 1 aromatic heterocycles. The third-order valence-corrected chi connectivity index (χ3v) is 3.88. The van der Waals surface area contributed by atoms with E-state index in [0.717, 1.165) is 10.9 Å². The molecule has 2 N–H and O–H groups in total. The van der Waals surface area contributed by atoms with Crippen molar-refractivity contribution in [2.75, 3.05) is 6.61 Å². The van der Waals surface area contributed by atoms with E-state index < -0.39 is 0 Å². The number of para-hydroxylation sites is 1. The predicted molar refractivity (Wildman–Crippen MR) is 91.5 cm³/mol. The number of aromatic nitrogens is 1. The van der Waals surface area contributed by atoms with Crippen LogP contribution in [0.2, 0.25) is 0 Å². The van der Waals surface area contributed by atoms with Crippen LogP contribution in [0.5, 0.6) is 0 Å². The van der Waals surface area contributed by atoms with Gasteiger partial charge in [-0.05, 0) is 18.6 Å². The third-order valence-electron chi connectivity index (χ3n) is 3.88. The van der Waals surface area contributed by atoms with E-state index >= 15 is 0 Å². The minimum absolute atomic E-state index is 0.0750. The fourth-order valence-corrected chi connectivity index (χ4v) is 2.69. The van der Waals surface area contributed by atoms with Crippen LogP contribution in [0.4, 0.5) is 0 Å². The number of hydrogen-bond acceptors (Lipinski definition) is 2. The molecule has 23 heavy (non-hydrogen) atoms. The van der Waals surface area contributed by atoms with Gasteiger partial charge >= 0.3 is 0 Å². The lowest BCUT2D eigenvalue weighted by Crippen LogP contribution is -2.34. The van der Waals surface area contributed by atoms with Crippen molar-refractivity contribution in [2.24, 2.45) is 0 Å². The summed E-state index contributed by atoms with van der Waals surface area (Å²) in [5.41, 5.74) is 2.85. The molecular formula is C19H20N2O2. The van der Waals surface area contributed by atoms with Crippen LogP contribution < -0.4 is 5.32 Å². The van der Waals surface area contributed by atoms with Crippen molar-refractivity contribution < 1.29 is 9.90 Å². The Morgan fingerprint density at radius 2 is 1.83 bits per heavy atom. The molecule has 0 saturated heterocycles. The molecular weight excluding hydrogens is 288 g/mol. The van der Waals surface area contributed by atoms with Crippen molar-refractivity contribution in [1.82, 2.24) is 9.88 Å². The highest BCUT2D eigenvalue weighted by Crippen LogP contribution is 2.22. The standard InChI is InChI=1S/C19H20N2O2/c1-14(13-22)20-19(23)17-12-21(11-15-7-3-2-4-8-15)18-10-6-5-9-16(17)18/h2-10,12,14,22H,11,13H2,1H3,(H,20,23). The van der Waals surface area contributed by atoms with Crippen LogP contribution >= 0.6 is 0 Å². The van der Waals surface area contributed by atoms with Gasteiger partial charge in [-0.1, -0.05) is 48.5 Å². The van der Waals surface area contributed by atoms with Crippen LogP contribution in [0.15, 0.2) is 60.8 Å². The minimum atomic E-state index is -0.265. The number of aliphatic hydroxyl groups is 1. The van der Waals surface area contributed by atoms with Gasteiger partial charge in [0.25, 0.3) is 5.91 Å². The Balaban J connectivity index is 1.98. The van der Waals surface area contributed by atoms with Crippen LogP contribution in [0, 0.1) is 0 Å². The average Bonchev–Trinajstić information content (AvgIpc) is 2.94. The van der Waals surface area contributed by atoms with Crippen LogP contribution in [0.3, 0.4) is 0 Å². The summed E-state index contributed by atoms with van der Waals surface area (Å²) in [5.74, 6) is -0.158. The second-order valence-corrected chi connectivity index (χ2v) is 5.73. The maximum Gasteiger partial charge on any atom is 0.253 e. The number of aliphatic hydroxyl groups excluding tert-OH is 1. The maximum atomic E-state index is 12.5. The van der Waals surface area contributed by atoms with Crippen molar-refractivity contribution in [3.05, 3.63) is 71.9 Å². The van der Waals surface area contributed by atoms with E-state index in [1.807, 2.05) is 48.7 Å². The number of rotatable bonds is 5. The fourth-order valence-electron chi connectivity index (χ4n) is 2.69. The Kier molecular flexibility index (Phi) is 4.44. The SMILES string of the molecule is CC(CO)NC(=O)c1cn(Cc2ccccc2)c2ccccc12. The lowest BCUT2D eigenvalue weighted by molar-refractivity contribution is 0.0924. The molecule has 3 aromatic rings. The molecule has 0 aliphatic rings. The van der Waals surface area contributed by atoms with Crippen LogP contribution in [-0.2, 0) is 6.54 Å². The molecule has 2 aromatic carbocycles. The van der Waals surface area contributed by atoms with Crippen molar-refractivity contribution >= 4 is 16.8 Å². The molecule has 4 heteroatoms. The first-order chi connectivity index (χ1) is 11.2. The highest BCUT2D eigenvalue weighted by atomic mass is 16.3. The zero-order valence-corrected chi connectivity index (χ0v) is 13.1. The van der Waals surface area contributed by atoms with E-state index in [9.17, 15) is 4.79 Å². The van der Waals surface area contributed by atoms with Crippen molar-refractivity contribution in [2.45, 2.75) is 19.5 Å². The van der Waals surface area contributed by atoms with Crippen LogP contribution in [-0.4, -0.2) is 28.2 Å². The Labute approximate surface area is 135 Å². The molecule has 1 unspecified atom stereocenters. The second kappa shape index (κ2) is 6.67. The molecule has 1 atom stereocenters. The van der Waals surface area contributed by atoms with Gasteiger partial charge in [0.15, 0.2) is 0 Å². The minimum Gasteiger partial charge on any atom is -0.394 e. The Morgan fingerprint density at radius 3 is 2.57 bits per heavy atom. The molecule has 1 heterocycles. The first-order valence-corrected chi connectivity index (χ1v) is 7.72. The van der Waals surface area contributed by atoms with Crippen LogP contribution in [0.25, 0.3) is 10.9 Å². The molecule has 0 aliphatic heterocycles. The second-order valence-electron chi connectivity index (χ2n) is 5.73. The molecule has 0 spiro atoms. The van der Waals surface area contributed by atoms with Crippen molar-refractivity contribution in [1.29, 1.82) is 0 Å². The van der Waals surface area contributed by atoms with E-state index in [-0.39, 0.29) is 18.6 Å². The predicted octanol–water partition coefficient (Wildman–Crippen LogP) is 2.80. The summed E-state index contributed by atoms with van der Waals surface area (Å²) in [6, 6.07) is 17.8. The number of carbonyl (C=O) groups excluding carboxylic acids is 1. The average molecular weight is 308 g/mol. The Hall–Kier alpha value is -2.59. The molecule has 0 radical (unpaired) electrons. The molecule has 0 aliphatic carbocycles. The number of carbonyl (C=O) groups is 1. The molecule has 0 bridgehead atoms. The zero-order valence-electron chi connectivity index (χ0n) is 13.1. The van der Waals surface area contributed by atoms with Crippen molar-refractivity contribution in [3.8, 4) is 0 Å². The van der Waals surface area contributed by atoms with Gasteiger partial charge in [-0.2, -0.15) is 0 Å². The fraction of sp³-hybridized carbons (Fsp3) is 0.211. The molecule has 4 nitrogen and oxygen atoms in total. The molecule has 118 valence electrons. The zero-order chi connectivity index (χ0) is 16.2. The highest BCUT2D eigenvalue weighted by molar-refractivity contribution is 6.07. The number of amides is 1. The van der Waals surface area contributed by atoms with Gasteiger partial charge in [0.2, 0.25) is 0 Å². The van der Waals surface area contributed by atoms with Gasteiger partial charge in [0.05, 0.1) is 12.2 Å². The van der Waals surface area contributed by atoms with Gasteiger partial charge in [-0.25, -0.2) is 0 Å². The first kappa shape index (κ1) is 15.3. The van der Waals surface area contributed by atoms with Gasteiger partial charge in [-0.3, -0.25) is 4.79 Å². The van der Waals surface area contributed by atoms with Gasteiger partial charge in [0, 0.05) is 29.7 Å².